The van der Waals surface area contributed by atoms with Gasteiger partial charge in [-0.05, 0) is 18.6 Å². The number of aryl methyl sites for hydroxylation is 1. The summed E-state index contributed by atoms with van der Waals surface area (Å²) in [5.74, 6) is -1.59. The first kappa shape index (κ1) is 12.6. The Balaban J connectivity index is 2.46. The molecule has 6 nitrogen and oxygen atoms in total. The maximum atomic E-state index is 11.3. The lowest BCUT2D eigenvalue weighted by Gasteiger charge is -2.06. The topological polar surface area (TPSA) is 94.9 Å². The number of nitriles is 1. The first-order valence-corrected chi connectivity index (χ1v) is 4.98. The lowest BCUT2D eigenvalue weighted by molar-refractivity contribution is -0.139. The molecule has 2 amide bonds. The molecule has 0 bridgehead atoms. The van der Waals surface area contributed by atoms with Gasteiger partial charge in [-0.2, -0.15) is 5.26 Å². The summed E-state index contributed by atoms with van der Waals surface area (Å²) in [6, 6.07) is 5.37. The molecule has 0 saturated carbocycles. The third-order valence-electron chi connectivity index (χ3n) is 2.07. The maximum absolute atomic E-state index is 11.3. The average molecular weight is 232 g/mol. The Kier molecular flexibility index (Phi) is 4.63. The predicted octanol–water partition coefficient (Wildman–Crippen LogP) is -0.354. The van der Waals surface area contributed by atoms with E-state index in [9.17, 15) is 9.59 Å². The zero-order valence-electron chi connectivity index (χ0n) is 9.36. The van der Waals surface area contributed by atoms with Crippen molar-refractivity contribution in [3.8, 4) is 6.07 Å². The van der Waals surface area contributed by atoms with Crippen molar-refractivity contribution in [1.82, 2.24) is 15.6 Å². The molecule has 0 aliphatic heterocycles. The van der Waals surface area contributed by atoms with E-state index in [1.807, 2.05) is 13.0 Å². The molecule has 0 aliphatic carbocycles. The lowest BCUT2D eigenvalue weighted by atomic mass is 10.2. The molecule has 1 rings (SSSR count). The van der Waals surface area contributed by atoms with Gasteiger partial charge in [0.25, 0.3) is 0 Å². The van der Waals surface area contributed by atoms with Gasteiger partial charge in [0.1, 0.15) is 6.54 Å². The van der Waals surface area contributed by atoms with E-state index in [0.29, 0.717) is 5.69 Å². The van der Waals surface area contributed by atoms with Gasteiger partial charge in [-0.25, -0.2) is 0 Å². The molecule has 6 heteroatoms. The standard InChI is InChI=1S/C11H12N4O2/c1-8-3-2-5-13-9(8)7-15-11(17)10(16)14-6-4-12/h2-3,5H,6-7H2,1H3,(H,14,16)(H,15,17). The van der Waals surface area contributed by atoms with Crippen LogP contribution in [0.25, 0.3) is 0 Å². The van der Waals surface area contributed by atoms with E-state index in [-0.39, 0.29) is 13.1 Å². The second-order valence-corrected chi connectivity index (χ2v) is 3.29. The molecule has 1 heterocycles. The maximum Gasteiger partial charge on any atom is 0.310 e. The molecule has 0 spiro atoms. The minimum Gasteiger partial charge on any atom is -0.342 e. The Bertz CT molecular complexity index is 465. The van der Waals surface area contributed by atoms with Crippen molar-refractivity contribution in [2.75, 3.05) is 6.54 Å². The molecule has 0 atom stereocenters. The molecule has 1 aromatic rings. The van der Waals surface area contributed by atoms with Crippen LogP contribution in [0.1, 0.15) is 11.3 Å². The monoisotopic (exact) mass is 232 g/mol. The van der Waals surface area contributed by atoms with Crippen LogP contribution in [0, 0.1) is 18.3 Å². The number of hydrogen-bond acceptors (Lipinski definition) is 4. The Labute approximate surface area is 98.7 Å². The van der Waals surface area contributed by atoms with Crippen molar-refractivity contribution in [2.24, 2.45) is 0 Å². The van der Waals surface area contributed by atoms with Crippen LogP contribution in [0.2, 0.25) is 0 Å². The molecular weight excluding hydrogens is 220 g/mol. The van der Waals surface area contributed by atoms with Crippen LogP contribution in [0.5, 0.6) is 0 Å². The summed E-state index contributed by atoms with van der Waals surface area (Å²) in [5.41, 5.74) is 1.64. The van der Waals surface area contributed by atoms with Gasteiger partial charge in [0.15, 0.2) is 0 Å². The van der Waals surface area contributed by atoms with Gasteiger partial charge in [0.05, 0.1) is 18.3 Å². The van der Waals surface area contributed by atoms with Crippen molar-refractivity contribution in [1.29, 1.82) is 5.26 Å². The summed E-state index contributed by atoms with van der Waals surface area (Å²) in [6.07, 6.45) is 1.62. The van der Waals surface area contributed by atoms with Crippen LogP contribution in [-0.2, 0) is 16.1 Å². The molecule has 0 unspecified atom stereocenters. The van der Waals surface area contributed by atoms with Crippen LogP contribution in [-0.4, -0.2) is 23.3 Å². The number of carbonyl (C=O) groups is 2. The number of aromatic nitrogens is 1. The summed E-state index contributed by atoms with van der Waals surface area (Å²) >= 11 is 0. The highest BCUT2D eigenvalue weighted by Crippen LogP contribution is 2.01. The molecular formula is C11H12N4O2. The molecule has 1 aromatic heterocycles. The summed E-state index contributed by atoms with van der Waals surface area (Å²) in [4.78, 5) is 26.5. The van der Waals surface area contributed by atoms with Crippen LogP contribution < -0.4 is 10.6 Å². The fraction of sp³-hybridized carbons (Fsp3) is 0.273. The summed E-state index contributed by atoms with van der Waals surface area (Å²) < 4.78 is 0. The quantitative estimate of drug-likeness (QED) is 0.550. The van der Waals surface area contributed by atoms with Crippen molar-refractivity contribution in [3.63, 3.8) is 0 Å². The molecule has 0 aliphatic rings. The number of rotatable bonds is 3. The van der Waals surface area contributed by atoms with E-state index in [4.69, 9.17) is 5.26 Å². The normalized spacial score (nSPS) is 9.18. The molecule has 0 radical (unpaired) electrons. The fourth-order valence-corrected chi connectivity index (χ4v) is 1.15. The van der Waals surface area contributed by atoms with Gasteiger partial charge >= 0.3 is 11.8 Å². The number of pyridine rings is 1. The summed E-state index contributed by atoms with van der Waals surface area (Å²) in [7, 11) is 0. The highest BCUT2D eigenvalue weighted by Gasteiger charge is 2.12. The molecule has 0 fully saturated rings. The minimum absolute atomic E-state index is 0.186. The van der Waals surface area contributed by atoms with Crippen molar-refractivity contribution >= 4 is 11.8 Å². The largest absolute Gasteiger partial charge is 0.342 e. The second kappa shape index (κ2) is 6.23. The fourth-order valence-electron chi connectivity index (χ4n) is 1.15. The summed E-state index contributed by atoms with van der Waals surface area (Å²) in [6.45, 7) is 1.87. The Hall–Kier alpha value is -2.42. The second-order valence-electron chi connectivity index (χ2n) is 3.29. The Morgan fingerprint density at radius 3 is 2.76 bits per heavy atom. The van der Waals surface area contributed by atoms with E-state index >= 15 is 0 Å². The van der Waals surface area contributed by atoms with E-state index in [1.54, 1.807) is 18.3 Å². The predicted molar refractivity (Wildman–Crippen MR) is 59.4 cm³/mol. The molecule has 0 saturated heterocycles. The smallest absolute Gasteiger partial charge is 0.310 e. The zero-order valence-corrected chi connectivity index (χ0v) is 9.36. The van der Waals surface area contributed by atoms with E-state index in [0.717, 1.165) is 5.56 Å². The number of amides is 2. The third kappa shape index (κ3) is 3.91. The third-order valence-corrected chi connectivity index (χ3v) is 2.07. The Morgan fingerprint density at radius 1 is 1.41 bits per heavy atom. The molecule has 2 N–H and O–H groups in total. The van der Waals surface area contributed by atoms with E-state index in [2.05, 4.69) is 15.6 Å². The van der Waals surface area contributed by atoms with Crippen molar-refractivity contribution in [3.05, 3.63) is 29.6 Å². The van der Waals surface area contributed by atoms with Gasteiger partial charge in [0.2, 0.25) is 0 Å². The molecule has 0 aromatic carbocycles. The first-order chi connectivity index (χ1) is 8.15. The van der Waals surface area contributed by atoms with Crippen molar-refractivity contribution < 1.29 is 9.59 Å². The van der Waals surface area contributed by atoms with Crippen LogP contribution in [0.3, 0.4) is 0 Å². The molecule has 17 heavy (non-hydrogen) atoms. The van der Waals surface area contributed by atoms with Crippen LogP contribution >= 0.6 is 0 Å². The molecule has 88 valence electrons. The summed E-state index contributed by atoms with van der Waals surface area (Å²) in [5, 5.41) is 12.8. The van der Waals surface area contributed by atoms with Gasteiger partial charge in [-0.1, -0.05) is 6.07 Å². The van der Waals surface area contributed by atoms with Crippen LogP contribution in [0.15, 0.2) is 18.3 Å². The number of nitrogens with zero attached hydrogens (tertiary/aromatic N) is 2. The lowest BCUT2D eigenvalue weighted by Crippen LogP contribution is -2.39. The van der Waals surface area contributed by atoms with Gasteiger partial charge in [-0.3, -0.25) is 14.6 Å². The number of nitrogens with one attached hydrogen (secondary N) is 2. The number of carbonyl (C=O) groups excluding carboxylic acids is 2. The average Bonchev–Trinajstić information content (AvgIpc) is 2.34. The van der Waals surface area contributed by atoms with Crippen molar-refractivity contribution in [2.45, 2.75) is 13.5 Å². The highest BCUT2D eigenvalue weighted by atomic mass is 16.2. The van der Waals surface area contributed by atoms with Gasteiger partial charge < -0.3 is 10.6 Å². The minimum atomic E-state index is -0.819. The highest BCUT2D eigenvalue weighted by molar-refractivity contribution is 6.35. The van der Waals surface area contributed by atoms with Gasteiger partial charge in [-0.15, -0.1) is 0 Å². The SMILES string of the molecule is Cc1cccnc1CNC(=O)C(=O)NCC#N. The number of hydrogen-bond donors (Lipinski definition) is 2. The van der Waals surface area contributed by atoms with E-state index < -0.39 is 11.8 Å². The van der Waals surface area contributed by atoms with E-state index in [1.165, 1.54) is 0 Å². The zero-order chi connectivity index (χ0) is 12.7. The first-order valence-electron chi connectivity index (χ1n) is 4.98. The van der Waals surface area contributed by atoms with Crippen LogP contribution in [0.4, 0.5) is 0 Å². The Morgan fingerprint density at radius 2 is 2.12 bits per heavy atom. The van der Waals surface area contributed by atoms with Gasteiger partial charge in [0, 0.05) is 6.20 Å².